The summed E-state index contributed by atoms with van der Waals surface area (Å²) < 4.78 is 2.20. The Balaban J connectivity index is 1.37. The van der Waals surface area contributed by atoms with Crippen LogP contribution in [0.3, 0.4) is 0 Å². The Kier molecular flexibility index (Phi) is 5.38. The molecule has 9 heteroatoms. The Morgan fingerprint density at radius 3 is 2.57 bits per heavy atom. The number of fused-ring (bicyclic) bond motifs is 1. The second-order valence-corrected chi connectivity index (χ2v) is 9.06. The number of primary amides is 1. The van der Waals surface area contributed by atoms with Crippen LogP contribution in [0.25, 0.3) is 10.2 Å². The summed E-state index contributed by atoms with van der Waals surface area (Å²) in [5, 5.41) is 3.01. The highest BCUT2D eigenvalue weighted by Crippen LogP contribution is 2.31. The summed E-state index contributed by atoms with van der Waals surface area (Å²) in [7, 11) is 0. The molecule has 6 nitrogen and oxygen atoms in total. The molecule has 28 heavy (non-hydrogen) atoms. The first-order valence-corrected chi connectivity index (χ1v) is 10.8. The molecule has 2 aromatic carbocycles. The molecule has 4 aromatic rings. The number of nitrogens with one attached hydrogen (secondary N) is 1. The van der Waals surface area contributed by atoms with Gasteiger partial charge in [0.25, 0.3) is 11.8 Å². The molecular formula is C19H14N4O2S3. The van der Waals surface area contributed by atoms with Gasteiger partial charge in [-0.05, 0) is 29.8 Å². The average Bonchev–Trinajstić information content (AvgIpc) is 3.33. The number of aromatic nitrogens is 2. The number of rotatable bonds is 6. The molecule has 0 radical (unpaired) electrons. The van der Waals surface area contributed by atoms with Gasteiger partial charge < -0.3 is 5.73 Å². The Labute approximate surface area is 172 Å². The molecule has 0 bridgehead atoms. The van der Waals surface area contributed by atoms with Gasteiger partial charge in [0.05, 0.1) is 16.4 Å². The van der Waals surface area contributed by atoms with Crippen LogP contribution in [0.1, 0.15) is 25.6 Å². The average molecular weight is 427 g/mol. The topological polar surface area (TPSA) is 98.0 Å². The lowest BCUT2D eigenvalue weighted by Crippen LogP contribution is -2.11. The summed E-state index contributed by atoms with van der Waals surface area (Å²) in [4.78, 5) is 32.3. The number of carbonyl (C=O) groups is 2. The number of thiazole rings is 2. The van der Waals surface area contributed by atoms with Gasteiger partial charge in [0.15, 0.2) is 9.47 Å². The van der Waals surface area contributed by atoms with Gasteiger partial charge >= 0.3 is 0 Å². The Hall–Kier alpha value is -2.75. The Bertz CT molecular complexity index is 1120. The van der Waals surface area contributed by atoms with Crippen LogP contribution in [0.4, 0.5) is 5.13 Å². The molecule has 2 amide bonds. The van der Waals surface area contributed by atoms with E-state index in [9.17, 15) is 9.59 Å². The summed E-state index contributed by atoms with van der Waals surface area (Å²) in [5.74, 6) is -0.0698. The summed E-state index contributed by atoms with van der Waals surface area (Å²) in [5.41, 5.74) is 7.83. The zero-order valence-corrected chi connectivity index (χ0v) is 16.9. The van der Waals surface area contributed by atoms with Crippen molar-refractivity contribution < 1.29 is 9.59 Å². The van der Waals surface area contributed by atoms with Crippen LogP contribution in [0, 0.1) is 0 Å². The van der Waals surface area contributed by atoms with Crippen LogP contribution >= 0.6 is 34.4 Å². The van der Waals surface area contributed by atoms with E-state index in [0.717, 1.165) is 32.5 Å². The van der Waals surface area contributed by atoms with Gasteiger partial charge in [0.1, 0.15) is 4.88 Å². The van der Waals surface area contributed by atoms with Gasteiger partial charge in [0.2, 0.25) is 0 Å². The number of anilines is 1. The second kappa shape index (κ2) is 8.09. The zero-order chi connectivity index (χ0) is 19.5. The zero-order valence-electron chi connectivity index (χ0n) is 14.4. The van der Waals surface area contributed by atoms with Crippen LogP contribution < -0.4 is 11.1 Å². The maximum Gasteiger partial charge on any atom is 0.260 e. The third kappa shape index (κ3) is 4.22. The van der Waals surface area contributed by atoms with E-state index in [1.54, 1.807) is 35.2 Å². The second-order valence-electron chi connectivity index (χ2n) is 5.78. The number of benzene rings is 2. The van der Waals surface area contributed by atoms with Crippen molar-refractivity contribution in [2.75, 3.05) is 5.32 Å². The minimum atomic E-state index is -0.562. The fourth-order valence-corrected chi connectivity index (χ4v) is 5.11. The van der Waals surface area contributed by atoms with Crippen molar-refractivity contribution in [3.63, 3.8) is 0 Å². The van der Waals surface area contributed by atoms with Crippen molar-refractivity contribution in [3.8, 4) is 0 Å². The fourth-order valence-electron chi connectivity index (χ4n) is 2.43. The van der Waals surface area contributed by atoms with E-state index in [1.165, 1.54) is 10.9 Å². The number of hydrogen-bond donors (Lipinski definition) is 2. The standard InChI is InChI=1S/C19H14N4O2S3/c20-16(24)15-9-21-18(27-15)23-17(25)12-7-5-11(6-8-12)10-26-19-22-13-3-1-2-4-14(13)28-19/h1-9H,10H2,(H2,20,24)(H,21,23,25). The highest BCUT2D eigenvalue weighted by molar-refractivity contribution is 8.00. The van der Waals surface area contributed by atoms with E-state index in [4.69, 9.17) is 5.73 Å². The first-order valence-electron chi connectivity index (χ1n) is 8.23. The van der Waals surface area contributed by atoms with E-state index in [1.807, 2.05) is 30.3 Å². The van der Waals surface area contributed by atoms with Gasteiger partial charge in [0, 0.05) is 11.3 Å². The third-order valence-electron chi connectivity index (χ3n) is 3.82. The smallest absolute Gasteiger partial charge is 0.260 e. The predicted molar refractivity (Wildman–Crippen MR) is 114 cm³/mol. The van der Waals surface area contributed by atoms with Crippen LogP contribution in [0.5, 0.6) is 0 Å². The minimum Gasteiger partial charge on any atom is -0.365 e. The van der Waals surface area contributed by atoms with Crippen molar-refractivity contribution >= 4 is 61.6 Å². The molecule has 0 unspecified atom stereocenters. The number of hydrogen-bond acceptors (Lipinski definition) is 7. The highest BCUT2D eigenvalue weighted by atomic mass is 32.2. The molecule has 0 spiro atoms. The monoisotopic (exact) mass is 426 g/mol. The summed E-state index contributed by atoms with van der Waals surface area (Å²) in [6.45, 7) is 0. The summed E-state index contributed by atoms with van der Waals surface area (Å²) in [6.07, 6.45) is 1.35. The van der Waals surface area contributed by atoms with Crippen LogP contribution in [0.2, 0.25) is 0 Å². The highest BCUT2D eigenvalue weighted by Gasteiger charge is 2.11. The van der Waals surface area contributed by atoms with Crippen LogP contribution in [-0.2, 0) is 5.75 Å². The molecule has 0 saturated carbocycles. The number of nitrogens with two attached hydrogens (primary N) is 1. The maximum atomic E-state index is 12.3. The van der Waals surface area contributed by atoms with Crippen molar-refractivity contribution in [1.29, 1.82) is 0 Å². The normalized spacial score (nSPS) is 10.9. The number of thioether (sulfide) groups is 1. The maximum absolute atomic E-state index is 12.3. The first kappa shape index (κ1) is 18.6. The van der Waals surface area contributed by atoms with E-state index in [2.05, 4.69) is 21.4 Å². The molecule has 2 heterocycles. The molecule has 0 fully saturated rings. The van der Waals surface area contributed by atoms with Crippen LogP contribution in [-0.4, -0.2) is 21.8 Å². The van der Waals surface area contributed by atoms with E-state index in [-0.39, 0.29) is 5.91 Å². The summed E-state index contributed by atoms with van der Waals surface area (Å²) >= 11 is 4.40. The van der Waals surface area contributed by atoms with Crippen LogP contribution in [0.15, 0.2) is 59.1 Å². The molecule has 0 aliphatic rings. The molecule has 0 saturated heterocycles. The molecule has 0 aliphatic heterocycles. The molecule has 2 aromatic heterocycles. The van der Waals surface area contributed by atoms with Gasteiger partial charge in [-0.25, -0.2) is 9.97 Å². The third-order valence-corrected chi connectivity index (χ3v) is 7.00. The lowest BCUT2D eigenvalue weighted by molar-refractivity contribution is 0.100. The van der Waals surface area contributed by atoms with Gasteiger partial charge in [-0.3, -0.25) is 14.9 Å². The molecule has 140 valence electrons. The largest absolute Gasteiger partial charge is 0.365 e. The van der Waals surface area contributed by atoms with E-state index < -0.39 is 5.91 Å². The lowest BCUT2D eigenvalue weighted by Gasteiger charge is -2.03. The van der Waals surface area contributed by atoms with Gasteiger partial charge in [-0.1, -0.05) is 47.4 Å². The quantitative estimate of drug-likeness (QED) is 0.446. The molecule has 4 rings (SSSR count). The van der Waals surface area contributed by atoms with Crippen molar-refractivity contribution in [3.05, 3.63) is 70.7 Å². The minimum absolute atomic E-state index is 0.282. The lowest BCUT2D eigenvalue weighted by atomic mass is 10.1. The van der Waals surface area contributed by atoms with Gasteiger partial charge in [-0.15, -0.1) is 11.3 Å². The van der Waals surface area contributed by atoms with Crippen molar-refractivity contribution in [1.82, 2.24) is 9.97 Å². The Morgan fingerprint density at radius 1 is 1.07 bits per heavy atom. The molecule has 3 N–H and O–H groups in total. The van der Waals surface area contributed by atoms with Crippen molar-refractivity contribution in [2.45, 2.75) is 10.1 Å². The fraction of sp³-hybridized carbons (Fsp3) is 0.0526. The Morgan fingerprint density at radius 2 is 1.86 bits per heavy atom. The van der Waals surface area contributed by atoms with E-state index in [0.29, 0.717) is 15.6 Å². The predicted octanol–water partition coefficient (Wildman–Crippen LogP) is 4.40. The number of carbonyl (C=O) groups excluding carboxylic acids is 2. The number of nitrogens with zero attached hydrogens (tertiary/aromatic N) is 2. The first-order chi connectivity index (χ1) is 13.6. The molecule has 0 aliphatic carbocycles. The van der Waals surface area contributed by atoms with E-state index >= 15 is 0 Å². The van der Waals surface area contributed by atoms with Gasteiger partial charge in [-0.2, -0.15) is 0 Å². The number of amides is 2. The summed E-state index contributed by atoms with van der Waals surface area (Å²) in [6, 6.07) is 15.5. The van der Waals surface area contributed by atoms with Crippen molar-refractivity contribution in [2.24, 2.45) is 5.73 Å². The SMILES string of the molecule is NC(=O)c1cnc(NC(=O)c2ccc(CSc3nc4ccccc4s3)cc2)s1. The molecular weight excluding hydrogens is 412 g/mol. The molecule has 0 atom stereocenters. The number of para-hydroxylation sites is 1.